The van der Waals surface area contributed by atoms with E-state index in [0.29, 0.717) is 44.0 Å². The van der Waals surface area contributed by atoms with Gasteiger partial charge in [0.25, 0.3) is 0 Å². The quantitative estimate of drug-likeness (QED) is 0.372. The number of piperidine rings is 1. The smallest absolute Gasteiger partial charge is 0.406 e. The Kier molecular flexibility index (Phi) is 12.0. The van der Waals surface area contributed by atoms with Gasteiger partial charge in [-0.2, -0.15) is 0 Å². The van der Waals surface area contributed by atoms with Crippen molar-refractivity contribution in [3.63, 3.8) is 0 Å². The molecule has 3 N–H and O–H groups in total. The minimum atomic E-state index is -0.944. The maximum absolute atomic E-state index is 15.0. The first-order valence-electron chi connectivity index (χ1n) is 13.5. The zero-order chi connectivity index (χ0) is 27.5. The molecule has 214 valence electrons. The molecular weight excluding hydrogens is 498 g/mol. The van der Waals surface area contributed by atoms with Crippen LogP contribution in [0.3, 0.4) is 0 Å². The largest absolute Gasteiger partial charge is 0.453 e. The third kappa shape index (κ3) is 8.51. The fraction of sp³-hybridized carbons (Fsp3) is 0.704. The molecule has 0 aromatic heterocycles. The first-order valence-corrected chi connectivity index (χ1v) is 13.5. The molecule has 11 heteroatoms. The van der Waals surface area contributed by atoms with Crippen molar-refractivity contribution in [2.75, 3.05) is 60.2 Å². The Hall–Kier alpha value is -2.50. The summed E-state index contributed by atoms with van der Waals surface area (Å²) < 4.78 is 45.4. The van der Waals surface area contributed by atoms with Crippen LogP contribution in [0.15, 0.2) is 12.1 Å². The molecule has 9 nitrogen and oxygen atoms in total. The van der Waals surface area contributed by atoms with Gasteiger partial charge in [-0.25, -0.2) is 18.4 Å². The van der Waals surface area contributed by atoms with Gasteiger partial charge in [-0.3, -0.25) is 0 Å². The number of alkyl carbamates (subject to hydrolysis) is 1. The zero-order valence-electron chi connectivity index (χ0n) is 22.7. The van der Waals surface area contributed by atoms with Gasteiger partial charge in [0.1, 0.15) is 0 Å². The monoisotopic (exact) mass is 540 g/mol. The van der Waals surface area contributed by atoms with Crippen LogP contribution in [0.4, 0.5) is 18.4 Å². The van der Waals surface area contributed by atoms with Crippen LogP contribution in [0.25, 0.3) is 0 Å². The van der Waals surface area contributed by atoms with Gasteiger partial charge < -0.3 is 35.1 Å². The minimum Gasteiger partial charge on any atom is -0.453 e. The predicted molar refractivity (Wildman–Crippen MR) is 139 cm³/mol. The molecule has 2 aliphatic heterocycles. The molecule has 38 heavy (non-hydrogen) atoms. The highest BCUT2D eigenvalue weighted by atomic mass is 19.2. The molecule has 1 aromatic carbocycles. The summed E-state index contributed by atoms with van der Waals surface area (Å²) in [5, 5.41) is 8.89. The van der Waals surface area contributed by atoms with E-state index in [1.807, 2.05) is 7.05 Å². The van der Waals surface area contributed by atoms with Crippen LogP contribution in [0, 0.1) is 30.4 Å². The number of likely N-dealkylation sites (N-methyl/N-ethyl adjacent to an activating group) is 1. The van der Waals surface area contributed by atoms with Gasteiger partial charge >= 0.3 is 12.1 Å². The Morgan fingerprint density at radius 2 is 1.97 bits per heavy atom. The number of hydrogen-bond donors (Lipinski definition) is 3. The van der Waals surface area contributed by atoms with Crippen molar-refractivity contribution < 1.29 is 32.6 Å². The molecule has 3 rings (SSSR count). The fourth-order valence-electron chi connectivity index (χ4n) is 5.41. The van der Waals surface area contributed by atoms with Crippen molar-refractivity contribution in [3.05, 3.63) is 34.9 Å². The number of likely N-dealkylation sites (tertiary alicyclic amines) is 1. The van der Waals surface area contributed by atoms with Gasteiger partial charge in [-0.1, -0.05) is 6.07 Å². The summed E-state index contributed by atoms with van der Waals surface area (Å²) in [7, 11) is 3.13. The fourth-order valence-corrected chi connectivity index (χ4v) is 5.41. The van der Waals surface area contributed by atoms with Crippen LogP contribution in [0.1, 0.15) is 49.3 Å². The number of nitrogens with zero attached hydrogens (tertiary/aromatic N) is 1. The van der Waals surface area contributed by atoms with E-state index in [4.69, 9.17) is 9.47 Å². The molecule has 2 saturated heterocycles. The molecule has 2 fully saturated rings. The highest BCUT2D eigenvalue weighted by molar-refractivity contribution is 5.74. The Labute approximate surface area is 223 Å². The van der Waals surface area contributed by atoms with Gasteiger partial charge in [0, 0.05) is 56.9 Å². The maximum Gasteiger partial charge on any atom is 0.406 e. The standard InChI is InChI=1S/C27H42F2N4O5/c1-18-6-7-22(28)24(29)23(18)25(38-14-10-31-27(35)36-3)20-5-4-11-33(17-20)26(34)32-21(16-30-2)15-19-8-12-37-13-9-19/h6-7,19-21,25,30H,4-5,8-17H2,1-3H3,(H,31,35)(H,32,34)/t20?,21-,25?/m0/s1. The van der Waals surface area contributed by atoms with Crippen LogP contribution in [-0.4, -0.2) is 83.2 Å². The van der Waals surface area contributed by atoms with Crippen molar-refractivity contribution in [2.24, 2.45) is 11.8 Å². The Morgan fingerprint density at radius 3 is 2.68 bits per heavy atom. The molecule has 0 aliphatic carbocycles. The average molecular weight is 541 g/mol. The normalized spacial score (nSPS) is 20.0. The summed E-state index contributed by atoms with van der Waals surface area (Å²) in [4.78, 5) is 26.5. The number of benzene rings is 1. The van der Waals surface area contributed by atoms with E-state index < -0.39 is 23.8 Å². The van der Waals surface area contributed by atoms with Gasteiger partial charge in [-0.15, -0.1) is 0 Å². The Bertz CT molecular complexity index is 916. The summed E-state index contributed by atoms with van der Waals surface area (Å²) in [6.45, 7) is 5.03. The SMILES string of the molecule is CNC[C@H](CC1CCOCC1)NC(=O)N1CCCC(C(OCCNC(=O)OC)c2c(C)ccc(F)c2F)C1. The van der Waals surface area contributed by atoms with Crippen LogP contribution in [-0.2, 0) is 14.2 Å². The van der Waals surface area contributed by atoms with Crippen LogP contribution in [0.5, 0.6) is 0 Å². The first-order chi connectivity index (χ1) is 18.3. The van der Waals surface area contributed by atoms with E-state index in [2.05, 4.69) is 20.7 Å². The number of carbonyl (C=O) groups is 2. The van der Waals surface area contributed by atoms with E-state index in [1.54, 1.807) is 11.8 Å². The van der Waals surface area contributed by atoms with Crippen molar-refractivity contribution in [2.45, 2.75) is 51.2 Å². The maximum atomic E-state index is 15.0. The van der Waals surface area contributed by atoms with E-state index in [0.717, 1.165) is 38.5 Å². The number of halogens is 2. The predicted octanol–water partition coefficient (Wildman–Crippen LogP) is 3.51. The molecule has 0 radical (unpaired) electrons. The number of methoxy groups -OCH3 is 1. The molecule has 2 aliphatic rings. The number of nitrogens with one attached hydrogen (secondary N) is 3. The van der Waals surface area contributed by atoms with Crippen molar-refractivity contribution in [3.8, 4) is 0 Å². The summed E-state index contributed by atoms with van der Waals surface area (Å²) in [5.74, 6) is -1.63. The number of amides is 3. The Balaban J connectivity index is 1.70. The number of hydrogen-bond acceptors (Lipinski definition) is 6. The lowest BCUT2D eigenvalue weighted by molar-refractivity contribution is -0.0113. The molecule has 2 heterocycles. The molecular formula is C27H42F2N4O5. The zero-order valence-corrected chi connectivity index (χ0v) is 22.7. The summed E-state index contributed by atoms with van der Waals surface area (Å²) in [5.41, 5.74) is 0.727. The van der Waals surface area contributed by atoms with E-state index in [1.165, 1.54) is 13.2 Å². The molecule has 1 aromatic rings. The summed E-state index contributed by atoms with van der Waals surface area (Å²) in [6.07, 6.45) is 2.88. The third-order valence-corrected chi connectivity index (χ3v) is 7.40. The lowest BCUT2D eigenvalue weighted by atomic mass is 9.86. The van der Waals surface area contributed by atoms with Gasteiger partial charge in [0.15, 0.2) is 11.6 Å². The lowest BCUT2D eigenvalue weighted by Crippen LogP contribution is -2.52. The van der Waals surface area contributed by atoms with Gasteiger partial charge in [-0.05, 0) is 63.6 Å². The van der Waals surface area contributed by atoms with E-state index in [-0.39, 0.29) is 36.7 Å². The minimum absolute atomic E-state index is 0.0182. The summed E-state index contributed by atoms with van der Waals surface area (Å²) >= 11 is 0. The topological polar surface area (TPSA) is 101 Å². The number of rotatable bonds is 11. The number of ether oxygens (including phenoxy) is 3. The second-order valence-corrected chi connectivity index (χ2v) is 10.1. The van der Waals surface area contributed by atoms with Crippen molar-refractivity contribution >= 4 is 12.1 Å². The number of aryl methyl sites for hydroxylation is 1. The molecule has 2 unspecified atom stereocenters. The van der Waals surface area contributed by atoms with Crippen LogP contribution in [0.2, 0.25) is 0 Å². The van der Waals surface area contributed by atoms with Gasteiger partial charge in [0.05, 0.1) is 19.8 Å². The molecule has 0 bridgehead atoms. The molecule has 0 saturated carbocycles. The van der Waals surface area contributed by atoms with Crippen molar-refractivity contribution in [1.82, 2.24) is 20.9 Å². The second kappa shape index (κ2) is 15.2. The molecule has 3 atom stereocenters. The van der Waals surface area contributed by atoms with E-state index in [9.17, 15) is 14.0 Å². The van der Waals surface area contributed by atoms with Crippen molar-refractivity contribution in [1.29, 1.82) is 0 Å². The summed E-state index contributed by atoms with van der Waals surface area (Å²) in [6, 6.07) is 2.45. The lowest BCUT2D eigenvalue weighted by Gasteiger charge is -2.38. The molecule has 3 amide bonds. The highest BCUT2D eigenvalue weighted by Crippen LogP contribution is 2.36. The first kappa shape index (κ1) is 30.0. The van der Waals surface area contributed by atoms with E-state index >= 15 is 4.39 Å². The highest BCUT2D eigenvalue weighted by Gasteiger charge is 2.35. The van der Waals surface area contributed by atoms with Crippen LogP contribution >= 0.6 is 0 Å². The molecule has 0 spiro atoms. The van der Waals surface area contributed by atoms with Crippen LogP contribution < -0.4 is 16.0 Å². The third-order valence-electron chi connectivity index (χ3n) is 7.40. The van der Waals surface area contributed by atoms with Gasteiger partial charge in [0.2, 0.25) is 0 Å². The number of carbonyl (C=O) groups excluding carboxylic acids is 2. The Morgan fingerprint density at radius 1 is 1.21 bits per heavy atom. The average Bonchev–Trinajstić information content (AvgIpc) is 2.92. The second-order valence-electron chi connectivity index (χ2n) is 10.1. The number of urea groups is 1.